The summed E-state index contributed by atoms with van der Waals surface area (Å²) < 4.78 is 7.26. The Balaban J connectivity index is 2.08. The van der Waals surface area contributed by atoms with Gasteiger partial charge in [0.2, 0.25) is 5.95 Å². The van der Waals surface area contributed by atoms with Crippen molar-refractivity contribution in [2.45, 2.75) is 26.0 Å². The number of ether oxygens (including phenoxy) is 1. The molecule has 2 aromatic heterocycles. The molecule has 0 aliphatic carbocycles. The fourth-order valence-electron chi connectivity index (χ4n) is 2.67. The maximum Gasteiger partial charge on any atom is 0.255 e. The van der Waals surface area contributed by atoms with Crippen LogP contribution < -0.4 is 10.5 Å². The van der Waals surface area contributed by atoms with Crippen LogP contribution in [0.2, 0.25) is 0 Å². The number of nitrogens with zero attached hydrogens (tertiary/aromatic N) is 4. The summed E-state index contributed by atoms with van der Waals surface area (Å²) in [5, 5.41) is 0. The second-order valence-electron chi connectivity index (χ2n) is 5.58. The molecule has 22 heavy (non-hydrogen) atoms. The quantitative estimate of drug-likeness (QED) is 0.840. The van der Waals surface area contributed by atoms with Gasteiger partial charge in [0, 0.05) is 37.6 Å². The first kappa shape index (κ1) is 14.7. The molecule has 6 nitrogen and oxygen atoms in total. The lowest BCUT2D eigenvalue weighted by molar-refractivity contribution is 0.0274. The van der Waals surface area contributed by atoms with Crippen LogP contribution in [0.4, 0.5) is 5.95 Å². The Morgan fingerprint density at radius 2 is 2.00 bits per heavy atom. The summed E-state index contributed by atoms with van der Waals surface area (Å²) >= 11 is 0. The summed E-state index contributed by atoms with van der Waals surface area (Å²) in [5.41, 5.74) is 1.50. The van der Waals surface area contributed by atoms with Crippen LogP contribution in [0.3, 0.4) is 0 Å². The van der Waals surface area contributed by atoms with E-state index >= 15 is 0 Å². The van der Waals surface area contributed by atoms with Crippen LogP contribution in [0, 0.1) is 0 Å². The van der Waals surface area contributed by atoms with E-state index in [1.807, 2.05) is 19.1 Å². The Morgan fingerprint density at radius 3 is 2.73 bits per heavy atom. The summed E-state index contributed by atoms with van der Waals surface area (Å²) in [6, 6.07) is 5.45. The molecule has 0 amide bonds. The molecular weight excluding hydrogens is 280 g/mol. The van der Waals surface area contributed by atoms with E-state index < -0.39 is 0 Å². The van der Waals surface area contributed by atoms with Crippen LogP contribution in [0.1, 0.15) is 13.8 Å². The van der Waals surface area contributed by atoms with Gasteiger partial charge in [-0.25, -0.2) is 4.98 Å². The first-order chi connectivity index (χ1) is 10.6. The topological polar surface area (TPSA) is 60.2 Å². The van der Waals surface area contributed by atoms with Crippen molar-refractivity contribution in [2.75, 3.05) is 18.1 Å². The molecule has 2 atom stereocenters. The van der Waals surface area contributed by atoms with Crippen molar-refractivity contribution in [3.8, 4) is 11.3 Å². The molecule has 1 aliphatic rings. The number of rotatable bonds is 2. The van der Waals surface area contributed by atoms with E-state index in [1.165, 1.54) is 0 Å². The number of hydrogen-bond donors (Lipinski definition) is 0. The van der Waals surface area contributed by atoms with Gasteiger partial charge in [0.1, 0.15) is 0 Å². The third kappa shape index (κ3) is 2.62. The molecule has 0 radical (unpaired) electrons. The Hall–Kier alpha value is -2.21. The molecule has 116 valence electrons. The number of aromatic nitrogens is 3. The van der Waals surface area contributed by atoms with Crippen LogP contribution in [0.5, 0.6) is 0 Å². The lowest BCUT2D eigenvalue weighted by Crippen LogP contribution is -2.50. The van der Waals surface area contributed by atoms with Crippen LogP contribution in [0.25, 0.3) is 11.3 Å². The number of hydrogen-bond acceptors (Lipinski definition) is 5. The average molecular weight is 300 g/mol. The van der Waals surface area contributed by atoms with E-state index in [1.54, 1.807) is 30.1 Å². The maximum atomic E-state index is 12.3. The molecule has 0 bridgehead atoms. The van der Waals surface area contributed by atoms with Gasteiger partial charge >= 0.3 is 0 Å². The lowest BCUT2D eigenvalue weighted by Gasteiger charge is -2.39. The van der Waals surface area contributed by atoms with Gasteiger partial charge in [0.25, 0.3) is 5.56 Å². The fraction of sp³-hybridized carbons (Fsp3) is 0.438. The molecular formula is C16H20N4O2. The normalized spacial score (nSPS) is 21.9. The van der Waals surface area contributed by atoms with Gasteiger partial charge in [-0.3, -0.25) is 14.3 Å². The van der Waals surface area contributed by atoms with Gasteiger partial charge in [-0.2, -0.15) is 0 Å². The molecule has 6 heteroatoms. The van der Waals surface area contributed by atoms with Crippen molar-refractivity contribution in [3.05, 3.63) is 40.9 Å². The van der Waals surface area contributed by atoms with E-state index in [0.29, 0.717) is 18.2 Å². The lowest BCUT2D eigenvalue weighted by atomic mass is 10.1. The Bertz CT molecular complexity index is 714. The Kier molecular flexibility index (Phi) is 3.94. The molecule has 1 saturated heterocycles. The second kappa shape index (κ2) is 5.88. The van der Waals surface area contributed by atoms with Gasteiger partial charge in [0.05, 0.1) is 24.4 Å². The van der Waals surface area contributed by atoms with Gasteiger partial charge in [-0.1, -0.05) is 0 Å². The van der Waals surface area contributed by atoms with Gasteiger partial charge < -0.3 is 9.64 Å². The van der Waals surface area contributed by atoms with Gasteiger partial charge in [-0.05, 0) is 26.0 Å². The van der Waals surface area contributed by atoms with Crippen molar-refractivity contribution in [1.29, 1.82) is 0 Å². The molecule has 0 saturated carbocycles. The SMILES string of the molecule is C[C@@H]1OCCN(c2nc(-c3ccncc3)cc(=O)n2C)[C@H]1C. The molecule has 2 aromatic rings. The molecule has 3 rings (SSSR count). The fourth-order valence-corrected chi connectivity index (χ4v) is 2.67. The monoisotopic (exact) mass is 300 g/mol. The molecule has 1 fully saturated rings. The van der Waals surface area contributed by atoms with E-state index in [2.05, 4.69) is 16.8 Å². The van der Waals surface area contributed by atoms with Crippen molar-refractivity contribution >= 4 is 5.95 Å². The summed E-state index contributed by atoms with van der Waals surface area (Å²) in [6.45, 7) is 5.50. The highest BCUT2D eigenvalue weighted by molar-refractivity contribution is 5.59. The van der Waals surface area contributed by atoms with Crippen molar-refractivity contribution in [2.24, 2.45) is 7.05 Å². The predicted molar refractivity (Wildman–Crippen MR) is 84.9 cm³/mol. The second-order valence-corrected chi connectivity index (χ2v) is 5.58. The van der Waals surface area contributed by atoms with Crippen LogP contribution in [-0.4, -0.2) is 39.8 Å². The minimum atomic E-state index is -0.0665. The highest BCUT2D eigenvalue weighted by Gasteiger charge is 2.28. The maximum absolute atomic E-state index is 12.3. The molecule has 0 unspecified atom stereocenters. The zero-order chi connectivity index (χ0) is 15.7. The third-order valence-electron chi connectivity index (χ3n) is 4.23. The van der Waals surface area contributed by atoms with Crippen molar-refractivity contribution in [3.63, 3.8) is 0 Å². The summed E-state index contributed by atoms with van der Waals surface area (Å²) in [6.07, 6.45) is 3.51. The smallest absolute Gasteiger partial charge is 0.255 e. The Morgan fingerprint density at radius 1 is 1.27 bits per heavy atom. The molecule has 3 heterocycles. The molecule has 0 spiro atoms. The van der Waals surface area contributed by atoms with E-state index in [9.17, 15) is 4.79 Å². The van der Waals surface area contributed by atoms with E-state index in [-0.39, 0.29) is 17.7 Å². The molecule has 1 aliphatic heterocycles. The Labute approximate surface area is 129 Å². The van der Waals surface area contributed by atoms with Crippen LogP contribution in [-0.2, 0) is 11.8 Å². The van der Waals surface area contributed by atoms with Gasteiger partial charge in [0.15, 0.2) is 0 Å². The van der Waals surface area contributed by atoms with Crippen molar-refractivity contribution < 1.29 is 4.74 Å². The molecule has 0 aromatic carbocycles. The summed E-state index contributed by atoms with van der Waals surface area (Å²) in [4.78, 5) is 23.2. The minimum Gasteiger partial charge on any atom is -0.375 e. The number of morpholine rings is 1. The summed E-state index contributed by atoms with van der Waals surface area (Å²) in [5.74, 6) is 0.682. The number of pyridine rings is 1. The summed E-state index contributed by atoms with van der Waals surface area (Å²) in [7, 11) is 1.76. The number of anilines is 1. The third-order valence-corrected chi connectivity index (χ3v) is 4.23. The predicted octanol–water partition coefficient (Wildman–Crippen LogP) is 1.46. The largest absolute Gasteiger partial charge is 0.375 e. The minimum absolute atomic E-state index is 0.0665. The van der Waals surface area contributed by atoms with Gasteiger partial charge in [-0.15, -0.1) is 0 Å². The first-order valence-electron chi connectivity index (χ1n) is 7.44. The standard InChI is InChI=1S/C16H20N4O2/c1-11-12(2)22-9-8-20(11)16-18-14(10-15(21)19(16)3)13-4-6-17-7-5-13/h4-7,10-12H,8-9H2,1-3H3/t11-,12-/m0/s1. The van der Waals surface area contributed by atoms with E-state index in [0.717, 1.165) is 12.1 Å². The van der Waals surface area contributed by atoms with Crippen molar-refractivity contribution in [1.82, 2.24) is 14.5 Å². The van der Waals surface area contributed by atoms with Crippen LogP contribution >= 0.6 is 0 Å². The average Bonchev–Trinajstić information content (AvgIpc) is 2.54. The van der Waals surface area contributed by atoms with Crippen LogP contribution in [0.15, 0.2) is 35.4 Å². The zero-order valence-corrected chi connectivity index (χ0v) is 13.1. The highest BCUT2D eigenvalue weighted by atomic mass is 16.5. The first-order valence-corrected chi connectivity index (χ1v) is 7.44. The molecule has 0 N–H and O–H groups in total. The highest BCUT2D eigenvalue weighted by Crippen LogP contribution is 2.22. The zero-order valence-electron chi connectivity index (χ0n) is 13.1. The van der Waals surface area contributed by atoms with E-state index in [4.69, 9.17) is 9.72 Å².